The number of aryl methyl sites for hydroxylation is 1. The summed E-state index contributed by atoms with van der Waals surface area (Å²) in [5.74, 6) is -1.33. The molecule has 0 fully saturated rings. The van der Waals surface area contributed by atoms with Crippen LogP contribution in [-0.2, 0) is 9.47 Å². The second-order valence-electron chi connectivity index (χ2n) is 6.00. The third-order valence-electron chi connectivity index (χ3n) is 4.19. The van der Waals surface area contributed by atoms with Crippen LogP contribution in [-0.4, -0.2) is 31.1 Å². The Balaban J connectivity index is 2.36. The highest BCUT2D eigenvalue weighted by Gasteiger charge is 2.26. The standard InChI is InChI=1S/C22H19NO4/c1-14-8-7-11-16(12-14)18-13-17(15-9-5-4-6-10-15)19(21(24)26-2)20(23-18)22(25)27-3/h4-13H,1-3H3. The molecule has 27 heavy (non-hydrogen) atoms. The monoisotopic (exact) mass is 361 g/mol. The van der Waals surface area contributed by atoms with Crippen LogP contribution in [0.25, 0.3) is 22.4 Å². The zero-order valence-corrected chi connectivity index (χ0v) is 15.4. The van der Waals surface area contributed by atoms with Crippen molar-refractivity contribution in [2.45, 2.75) is 6.92 Å². The van der Waals surface area contributed by atoms with E-state index < -0.39 is 11.9 Å². The maximum absolute atomic E-state index is 12.5. The van der Waals surface area contributed by atoms with E-state index in [2.05, 4.69) is 4.98 Å². The summed E-state index contributed by atoms with van der Waals surface area (Å²) in [5, 5.41) is 0. The summed E-state index contributed by atoms with van der Waals surface area (Å²) in [5.41, 5.74) is 3.84. The van der Waals surface area contributed by atoms with Crippen LogP contribution in [0.5, 0.6) is 0 Å². The first-order valence-electron chi connectivity index (χ1n) is 8.39. The van der Waals surface area contributed by atoms with Crippen molar-refractivity contribution in [1.29, 1.82) is 0 Å². The van der Waals surface area contributed by atoms with Crippen molar-refractivity contribution in [1.82, 2.24) is 4.98 Å². The highest BCUT2D eigenvalue weighted by molar-refractivity contribution is 6.07. The lowest BCUT2D eigenvalue weighted by Crippen LogP contribution is -2.16. The third-order valence-corrected chi connectivity index (χ3v) is 4.19. The summed E-state index contributed by atoms with van der Waals surface area (Å²) in [7, 11) is 2.53. The second kappa shape index (κ2) is 7.83. The smallest absolute Gasteiger partial charge is 0.357 e. The van der Waals surface area contributed by atoms with Crippen molar-refractivity contribution in [3.63, 3.8) is 0 Å². The maximum Gasteiger partial charge on any atom is 0.357 e. The van der Waals surface area contributed by atoms with E-state index in [0.29, 0.717) is 11.3 Å². The van der Waals surface area contributed by atoms with Crippen LogP contribution in [0.4, 0.5) is 0 Å². The minimum Gasteiger partial charge on any atom is -0.465 e. The van der Waals surface area contributed by atoms with Gasteiger partial charge in [-0.3, -0.25) is 0 Å². The Morgan fingerprint density at radius 1 is 0.815 bits per heavy atom. The van der Waals surface area contributed by atoms with E-state index in [1.807, 2.05) is 61.5 Å². The van der Waals surface area contributed by atoms with E-state index in [1.54, 1.807) is 6.07 Å². The van der Waals surface area contributed by atoms with Gasteiger partial charge in [-0.1, -0.05) is 54.1 Å². The Morgan fingerprint density at radius 2 is 1.48 bits per heavy atom. The summed E-state index contributed by atoms with van der Waals surface area (Å²) in [6.07, 6.45) is 0. The van der Waals surface area contributed by atoms with Crippen LogP contribution in [0.2, 0.25) is 0 Å². The fourth-order valence-corrected chi connectivity index (χ4v) is 2.90. The first kappa shape index (κ1) is 18.3. The van der Waals surface area contributed by atoms with E-state index in [1.165, 1.54) is 14.2 Å². The number of pyridine rings is 1. The summed E-state index contributed by atoms with van der Waals surface area (Å²) in [6, 6.07) is 18.9. The predicted octanol–water partition coefficient (Wildman–Crippen LogP) is 4.30. The van der Waals surface area contributed by atoms with Crippen molar-refractivity contribution in [3.05, 3.63) is 77.5 Å². The molecule has 0 amide bonds. The molecule has 0 bridgehead atoms. The van der Waals surface area contributed by atoms with Gasteiger partial charge in [0.15, 0.2) is 5.69 Å². The number of ether oxygens (including phenoxy) is 2. The molecule has 136 valence electrons. The molecule has 0 N–H and O–H groups in total. The van der Waals surface area contributed by atoms with Gasteiger partial charge >= 0.3 is 11.9 Å². The minimum atomic E-state index is -0.693. The van der Waals surface area contributed by atoms with Crippen molar-refractivity contribution < 1.29 is 19.1 Å². The molecule has 2 aromatic carbocycles. The zero-order chi connectivity index (χ0) is 19.4. The molecule has 0 radical (unpaired) electrons. The Bertz CT molecular complexity index is 996. The van der Waals surface area contributed by atoms with Crippen molar-refractivity contribution >= 4 is 11.9 Å². The molecule has 0 unspecified atom stereocenters. The molecule has 0 aliphatic rings. The quantitative estimate of drug-likeness (QED) is 0.648. The Morgan fingerprint density at radius 3 is 2.11 bits per heavy atom. The van der Waals surface area contributed by atoms with E-state index in [4.69, 9.17) is 9.47 Å². The average Bonchev–Trinajstić information content (AvgIpc) is 2.72. The molecular formula is C22H19NO4. The normalized spacial score (nSPS) is 10.3. The third kappa shape index (κ3) is 3.72. The molecule has 5 nitrogen and oxygen atoms in total. The van der Waals surface area contributed by atoms with Gasteiger partial charge in [-0.2, -0.15) is 0 Å². The van der Waals surface area contributed by atoms with Crippen molar-refractivity contribution in [2.75, 3.05) is 14.2 Å². The van der Waals surface area contributed by atoms with Crippen LogP contribution in [0.15, 0.2) is 60.7 Å². The van der Waals surface area contributed by atoms with Crippen LogP contribution in [0, 0.1) is 6.92 Å². The molecule has 1 heterocycles. The molecule has 0 saturated carbocycles. The van der Waals surface area contributed by atoms with Crippen LogP contribution >= 0.6 is 0 Å². The molecule has 0 aliphatic heterocycles. The number of esters is 2. The van der Waals surface area contributed by atoms with Gasteiger partial charge < -0.3 is 9.47 Å². The fourth-order valence-electron chi connectivity index (χ4n) is 2.90. The minimum absolute atomic E-state index is 0.0674. The van der Waals surface area contributed by atoms with Gasteiger partial charge in [-0.25, -0.2) is 14.6 Å². The van der Waals surface area contributed by atoms with Gasteiger partial charge in [0.05, 0.1) is 19.9 Å². The number of methoxy groups -OCH3 is 2. The second-order valence-corrected chi connectivity index (χ2v) is 6.00. The Labute approximate surface area is 157 Å². The molecule has 5 heteroatoms. The van der Waals surface area contributed by atoms with Gasteiger partial charge in [-0.15, -0.1) is 0 Å². The summed E-state index contributed by atoms with van der Waals surface area (Å²) in [4.78, 5) is 29.3. The van der Waals surface area contributed by atoms with Gasteiger partial charge in [0.1, 0.15) is 5.56 Å². The van der Waals surface area contributed by atoms with Crippen molar-refractivity contribution in [2.24, 2.45) is 0 Å². The summed E-state index contributed by atoms with van der Waals surface area (Å²) in [6.45, 7) is 1.98. The average molecular weight is 361 g/mol. The number of hydrogen-bond donors (Lipinski definition) is 0. The van der Waals surface area contributed by atoms with Gasteiger partial charge in [0.25, 0.3) is 0 Å². The number of hydrogen-bond acceptors (Lipinski definition) is 5. The maximum atomic E-state index is 12.5. The first-order chi connectivity index (χ1) is 13.0. The predicted molar refractivity (Wildman–Crippen MR) is 103 cm³/mol. The molecule has 0 aliphatic carbocycles. The fraction of sp³-hybridized carbons (Fsp3) is 0.136. The summed E-state index contributed by atoms with van der Waals surface area (Å²) >= 11 is 0. The molecular weight excluding hydrogens is 342 g/mol. The van der Waals surface area contributed by atoms with Gasteiger partial charge in [0, 0.05) is 11.1 Å². The number of nitrogens with zero attached hydrogens (tertiary/aromatic N) is 1. The lowest BCUT2D eigenvalue weighted by molar-refractivity contribution is 0.0550. The molecule has 3 rings (SSSR count). The van der Waals surface area contributed by atoms with Crippen LogP contribution < -0.4 is 0 Å². The first-order valence-corrected chi connectivity index (χ1v) is 8.39. The van der Waals surface area contributed by atoms with Crippen LogP contribution in [0.1, 0.15) is 26.4 Å². The highest BCUT2D eigenvalue weighted by Crippen LogP contribution is 2.31. The molecule has 3 aromatic rings. The summed E-state index contributed by atoms with van der Waals surface area (Å²) < 4.78 is 9.78. The zero-order valence-electron chi connectivity index (χ0n) is 15.4. The lowest BCUT2D eigenvalue weighted by atomic mass is 9.95. The highest BCUT2D eigenvalue weighted by atomic mass is 16.5. The number of rotatable bonds is 4. The van der Waals surface area contributed by atoms with E-state index in [0.717, 1.165) is 16.7 Å². The Hall–Kier alpha value is -3.47. The van der Waals surface area contributed by atoms with E-state index in [-0.39, 0.29) is 11.3 Å². The number of carbonyl (C=O) groups is 2. The van der Waals surface area contributed by atoms with E-state index in [9.17, 15) is 9.59 Å². The number of benzene rings is 2. The topological polar surface area (TPSA) is 65.5 Å². The number of carbonyl (C=O) groups excluding carboxylic acids is 2. The molecule has 0 spiro atoms. The van der Waals surface area contributed by atoms with Crippen LogP contribution in [0.3, 0.4) is 0 Å². The molecule has 0 atom stereocenters. The largest absolute Gasteiger partial charge is 0.465 e. The van der Waals surface area contributed by atoms with E-state index >= 15 is 0 Å². The molecule has 0 saturated heterocycles. The lowest BCUT2D eigenvalue weighted by Gasteiger charge is -2.14. The molecule has 1 aromatic heterocycles. The SMILES string of the molecule is COC(=O)c1nc(-c2cccc(C)c2)cc(-c2ccccc2)c1C(=O)OC. The van der Waals surface area contributed by atoms with Gasteiger partial charge in [-0.05, 0) is 24.6 Å². The van der Waals surface area contributed by atoms with Gasteiger partial charge in [0.2, 0.25) is 0 Å². The Kier molecular flexibility index (Phi) is 5.31. The number of aromatic nitrogens is 1. The van der Waals surface area contributed by atoms with Crippen molar-refractivity contribution in [3.8, 4) is 22.4 Å².